The Morgan fingerprint density at radius 3 is 2.66 bits per heavy atom. The molecule has 1 atom stereocenters. The lowest BCUT2D eigenvalue weighted by Gasteiger charge is -2.28. The van der Waals surface area contributed by atoms with Crippen molar-refractivity contribution in [3.8, 4) is 22.9 Å². The van der Waals surface area contributed by atoms with E-state index in [0.717, 1.165) is 38.3 Å². The quantitative estimate of drug-likeness (QED) is 0.557. The molecule has 0 amide bonds. The smallest absolute Gasteiger partial charge is 0.184 e. The summed E-state index contributed by atoms with van der Waals surface area (Å²) in [6.45, 7) is 4.54. The molecular weight excluding hydrogens is 409 g/mol. The molecule has 3 heterocycles. The first-order valence-electron chi connectivity index (χ1n) is 11.4. The molecule has 5 rings (SSSR count). The summed E-state index contributed by atoms with van der Waals surface area (Å²) in [7, 11) is 3.78. The summed E-state index contributed by atoms with van der Waals surface area (Å²) in [5.74, 6) is 1.79. The van der Waals surface area contributed by atoms with Gasteiger partial charge in [0.1, 0.15) is 11.5 Å². The minimum Gasteiger partial charge on any atom is -0.381 e. The van der Waals surface area contributed by atoms with E-state index in [1.165, 1.54) is 18.9 Å². The van der Waals surface area contributed by atoms with E-state index >= 15 is 0 Å². The van der Waals surface area contributed by atoms with E-state index in [1.807, 2.05) is 40.6 Å². The average Bonchev–Trinajstić information content (AvgIpc) is 3.31. The Bertz CT molecular complexity index is 1080. The van der Waals surface area contributed by atoms with Gasteiger partial charge in [-0.15, -0.1) is 10.2 Å². The summed E-state index contributed by atoms with van der Waals surface area (Å²) in [4.78, 5) is 6.63. The van der Waals surface area contributed by atoms with Crippen LogP contribution in [0, 0.1) is 17.7 Å². The van der Waals surface area contributed by atoms with Gasteiger partial charge in [-0.2, -0.15) is 0 Å². The van der Waals surface area contributed by atoms with E-state index in [0.29, 0.717) is 34.7 Å². The van der Waals surface area contributed by atoms with Gasteiger partial charge in [-0.25, -0.2) is 14.1 Å². The minimum absolute atomic E-state index is 0.0906. The Morgan fingerprint density at radius 2 is 1.97 bits per heavy atom. The van der Waals surface area contributed by atoms with Crippen molar-refractivity contribution >= 4 is 5.69 Å². The maximum absolute atomic E-state index is 15.0. The predicted molar refractivity (Wildman–Crippen MR) is 120 cm³/mol. The third kappa shape index (κ3) is 4.26. The van der Waals surface area contributed by atoms with Gasteiger partial charge < -0.3 is 9.64 Å². The Hall–Kier alpha value is -2.81. The van der Waals surface area contributed by atoms with Gasteiger partial charge >= 0.3 is 0 Å². The van der Waals surface area contributed by atoms with Crippen LogP contribution >= 0.6 is 0 Å². The third-order valence-electron chi connectivity index (χ3n) is 6.59. The topological polar surface area (TPSA) is 73.9 Å². The molecule has 0 spiro atoms. The van der Waals surface area contributed by atoms with Gasteiger partial charge in [0.15, 0.2) is 11.6 Å². The summed E-state index contributed by atoms with van der Waals surface area (Å²) < 4.78 is 24.3. The monoisotopic (exact) mass is 439 g/mol. The molecule has 0 radical (unpaired) electrons. The van der Waals surface area contributed by atoms with E-state index in [-0.39, 0.29) is 11.9 Å². The lowest BCUT2D eigenvalue weighted by atomic mass is 9.93. The molecule has 8 nitrogen and oxygen atoms in total. The SMILES string of the molecule is CC(C1CCOCC1)n1nc(-c2ccc(N(C)C)cc2F)nc1-c1cn(CC2CC2)nn1. The molecule has 1 aliphatic heterocycles. The van der Waals surface area contributed by atoms with Crippen molar-refractivity contribution in [3.63, 3.8) is 0 Å². The van der Waals surface area contributed by atoms with E-state index in [2.05, 4.69) is 17.2 Å². The number of benzene rings is 1. The van der Waals surface area contributed by atoms with Crippen LogP contribution in [-0.4, -0.2) is 57.1 Å². The highest BCUT2D eigenvalue weighted by atomic mass is 19.1. The molecule has 0 bridgehead atoms. The van der Waals surface area contributed by atoms with Crippen LogP contribution < -0.4 is 4.90 Å². The second-order valence-electron chi connectivity index (χ2n) is 9.22. The molecule has 1 aromatic carbocycles. The van der Waals surface area contributed by atoms with Crippen LogP contribution in [0.5, 0.6) is 0 Å². The van der Waals surface area contributed by atoms with E-state index < -0.39 is 0 Å². The molecule has 1 saturated carbocycles. The van der Waals surface area contributed by atoms with Gasteiger partial charge in [0, 0.05) is 39.5 Å². The van der Waals surface area contributed by atoms with Gasteiger partial charge in [0.25, 0.3) is 0 Å². The number of rotatable bonds is 7. The molecule has 0 N–H and O–H groups in total. The molecular formula is C23H30FN7O. The number of hydrogen-bond donors (Lipinski definition) is 0. The van der Waals surface area contributed by atoms with Crippen LogP contribution in [0.3, 0.4) is 0 Å². The second kappa shape index (κ2) is 8.61. The Kier molecular flexibility index (Phi) is 5.67. The highest BCUT2D eigenvalue weighted by Gasteiger charge is 2.28. The lowest BCUT2D eigenvalue weighted by Crippen LogP contribution is -2.25. The fourth-order valence-corrected chi connectivity index (χ4v) is 4.31. The molecule has 170 valence electrons. The highest BCUT2D eigenvalue weighted by molar-refractivity contribution is 5.63. The van der Waals surface area contributed by atoms with E-state index in [4.69, 9.17) is 14.8 Å². The van der Waals surface area contributed by atoms with E-state index in [9.17, 15) is 4.39 Å². The largest absolute Gasteiger partial charge is 0.381 e. The first-order chi connectivity index (χ1) is 15.5. The normalized spacial score (nSPS) is 18.1. The van der Waals surface area contributed by atoms with Crippen molar-refractivity contribution in [1.29, 1.82) is 0 Å². The second-order valence-corrected chi connectivity index (χ2v) is 9.22. The van der Waals surface area contributed by atoms with Crippen LogP contribution in [0.15, 0.2) is 24.4 Å². The van der Waals surface area contributed by atoms with Crippen molar-refractivity contribution < 1.29 is 9.13 Å². The number of halogens is 1. The fourth-order valence-electron chi connectivity index (χ4n) is 4.31. The first kappa shape index (κ1) is 21.1. The maximum atomic E-state index is 15.0. The molecule has 3 aromatic rings. The molecule has 2 aliphatic rings. The standard InChI is InChI=1S/C23H30FN7O/c1-15(17-8-10-32-11-9-17)31-23(21-14-30(28-26-21)13-16-4-5-16)25-22(27-31)19-7-6-18(29(2)3)12-20(19)24/h6-7,12,14-17H,4-5,8-11,13H2,1-3H3. The number of hydrogen-bond acceptors (Lipinski definition) is 6. The van der Waals surface area contributed by atoms with Crippen LogP contribution in [0.2, 0.25) is 0 Å². The van der Waals surface area contributed by atoms with Gasteiger partial charge in [0.05, 0.1) is 17.8 Å². The maximum Gasteiger partial charge on any atom is 0.184 e. The molecule has 9 heteroatoms. The number of ether oxygens (including phenoxy) is 1. The van der Waals surface area contributed by atoms with Crippen molar-refractivity contribution in [2.45, 2.75) is 45.2 Å². The van der Waals surface area contributed by atoms with Crippen molar-refractivity contribution in [2.24, 2.45) is 11.8 Å². The molecule has 1 unspecified atom stereocenters. The average molecular weight is 440 g/mol. The lowest BCUT2D eigenvalue weighted by molar-refractivity contribution is 0.0498. The molecule has 32 heavy (non-hydrogen) atoms. The summed E-state index contributed by atoms with van der Waals surface area (Å²) in [5.41, 5.74) is 1.86. The summed E-state index contributed by atoms with van der Waals surface area (Å²) in [6, 6.07) is 5.24. The molecule has 2 aromatic heterocycles. The number of aromatic nitrogens is 6. The van der Waals surface area contributed by atoms with Gasteiger partial charge in [0.2, 0.25) is 0 Å². The number of nitrogens with zero attached hydrogens (tertiary/aromatic N) is 7. The Balaban J connectivity index is 1.53. The zero-order valence-corrected chi connectivity index (χ0v) is 18.9. The van der Waals surface area contributed by atoms with Gasteiger partial charge in [-0.3, -0.25) is 4.68 Å². The fraction of sp³-hybridized carbons (Fsp3) is 0.565. The van der Waals surface area contributed by atoms with Crippen LogP contribution in [-0.2, 0) is 11.3 Å². The third-order valence-corrected chi connectivity index (χ3v) is 6.59. The van der Waals surface area contributed by atoms with Crippen LogP contribution in [0.4, 0.5) is 10.1 Å². The summed E-state index contributed by atoms with van der Waals surface area (Å²) in [5, 5.41) is 13.5. The zero-order valence-electron chi connectivity index (χ0n) is 18.9. The first-order valence-corrected chi connectivity index (χ1v) is 11.4. The summed E-state index contributed by atoms with van der Waals surface area (Å²) in [6.07, 6.45) is 6.37. The molecule has 2 fully saturated rings. The molecule has 1 saturated heterocycles. The zero-order chi connectivity index (χ0) is 22.2. The Morgan fingerprint density at radius 1 is 1.19 bits per heavy atom. The Labute approximate surface area is 187 Å². The minimum atomic E-state index is -0.337. The van der Waals surface area contributed by atoms with E-state index in [1.54, 1.807) is 6.07 Å². The van der Waals surface area contributed by atoms with Gasteiger partial charge in [-0.1, -0.05) is 5.21 Å². The summed E-state index contributed by atoms with van der Waals surface area (Å²) >= 11 is 0. The number of anilines is 1. The van der Waals surface area contributed by atoms with Crippen molar-refractivity contribution in [3.05, 3.63) is 30.2 Å². The van der Waals surface area contributed by atoms with Crippen LogP contribution in [0.25, 0.3) is 22.9 Å². The predicted octanol–water partition coefficient (Wildman–Crippen LogP) is 3.81. The van der Waals surface area contributed by atoms with Gasteiger partial charge in [-0.05, 0) is 62.6 Å². The van der Waals surface area contributed by atoms with Crippen LogP contribution in [0.1, 0.15) is 38.6 Å². The highest BCUT2D eigenvalue weighted by Crippen LogP contribution is 2.34. The van der Waals surface area contributed by atoms with Crippen molar-refractivity contribution in [1.82, 2.24) is 29.8 Å². The van der Waals surface area contributed by atoms with Crippen molar-refractivity contribution in [2.75, 3.05) is 32.2 Å². The molecule has 1 aliphatic carbocycles.